The second-order valence-corrected chi connectivity index (χ2v) is 12.8. The number of carbonyl (C=O) groups is 1. The Morgan fingerprint density at radius 3 is 2.15 bits per heavy atom. The van der Waals surface area contributed by atoms with E-state index in [1.165, 1.54) is 0 Å². The van der Waals surface area contributed by atoms with Crippen LogP contribution in [0.3, 0.4) is 0 Å². The summed E-state index contributed by atoms with van der Waals surface area (Å²) in [5.74, 6) is 1.20. The highest BCUT2D eigenvalue weighted by Crippen LogP contribution is 2.40. The van der Waals surface area contributed by atoms with Gasteiger partial charge in [-0.2, -0.15) is 0 Å². The number of nitrogens with one attached hydrogen (secondary N) is 1. The van der Waals surface area contributed by atoms with Crippen LogP contribution in [-0.4, -0.2) is 14.4 Å². The highest BCUT2D eigenvalue weighted by atomic mass is 28.4. The topological polar surface area (TPSA) is 47.6 Å². The molecular formula is C21H29NO3Si. The van der Waals surface area contributed by atoms with Crippen molar-refractivity contribution in [2.24, 2.45) is 0 Å². The van der Waals surface area contributed by atoms with Gasteiger partial charge in [-0.15, -0.1) is 0 Å². The van der Waals surface area contributed by atoms with Crippen LogP contribution in [0.1, 0.15) is 31.9 Å². The van der Waals surface area contributed by atoms with Crippen LogP contribution >= 0.6 is 0 Å². The largest absolute Gasteiger partial charge is 0.542 e. The van der Waals surface area contributed by atoms with Crippen molar-refractivity contribution >= 4 is 20.1 Å². The molecule has 140 valence electrons. The van der Waals surface area contributed by atoms with Crippen LogP contribution in [0.25, 0.3) is 0 Å². The number of carbonyl (C=O) groups excluding carboxylic acids is 1. The standard InChI is InChI=1S/C21H29NO3Si/c1-15-13-18(22-20(23)24-17-11-9-8-10-12-17)19(14-16(15)2)25-26(6,7)21(3,4)5/h8-14H,1-7H3,(H,22,23). The molecular weight excluding hydrogens is 342 g/mol. The van der Waals surface area contributed by atoms with Gasteiger partial charge in [0, 0.05) is 0 Å². The first-order chi connectivity index (χ1) is 12.0. The van der Waals surface area contributed by atoms with Gasteiger partial charge in [-0.3, -0.25) is 5.32 Å². The average molecular weight is 372 g/mol. The molecule has 0 fully saturated rings. The Hall–Kier alpha value is -2.27. The minimum Gasteiger partial charge on any atom is -0.542 e. The molecule has 0 saturated heterocycles. The zero-order chi connectivity index (χ0) is 19.5. The molecule has 0 aromatic heterocycles. The Labute approximate surface area is 157 Å². The van der Waals surface area contributed by atoms with E-state index < -0.39 is 14.4 Å². The molecule has 0 atom stereocenters. The smallest absolute Gasteiger partial charge is 0.417 e. The lowest BCUT2D eigenvalue weighted by atomic mass is 10.1. The van der Waals surface area contributed by atoms with Crippen molar-refractivity contribution in [3.8, 4) is 11.5 Å². The van der Waals surface area contributed by atoms with Gasteiger partial charge in [-0.1, -0.05) is 39.0 Å². The van der Waals surface area contributed by atoms with Gasteiger partial charge in [0.05, 0.1) is 5.69 Å². The van der Waals surface area contributed by atoms with E-state index in [0.717, 1.165) is 11.1 Å². The molecule has 1 amide bonds. The number of benzene rings is 2. The van der Waals surface area contributed by atoms with Gasteiger partial charge in [0.2, 0.25) is 0 Å². The molecule has 0 aliphatic carbocycles. The Bertz CT molecular complexity index is 780. The number of para-hydroxylation sites is 1. The molecule has 2 aromatic rings. The SMILES string of the molecule is Cc1cc(NC(=O)Oc2ccccc2)c(O[Si](C)(C)C(C)(C)C)cc1C. The first-order valence-corrected chi connectivity index (χ1v) is 11.7. The van der Waals surface area contributed by atoms with Crippen LogP contribution in [0, 0.1) is 13.8 Å². The lowest BCUT2D eigenvalue weighted by Gasteiger charge is -2.37. The van der Waals surface area contributed by atoms with E-state index >= 15 is 0 Å². The maximum atomic E-state index is 12.3. The lowest BCUT2D eigenvalue weighted by Crippen LogP contribution is -2.44. The number of hydrogen-bond acceptors (Lipinski definition) is 3. The summed E-state index contributed by atoms with van der Waals surface area (Å²) in [6.07, 6.45) is -0.528. The minimum absolute atomic E-state index is 0.0631. The van der Waals surface area contributed by atoms with Gasteiger partial charge < -0.3 is 9.16 Å². The van der Waals surface area contributed by atoms with Gasteiger partial charge in [-0.25, -0.2) is 4.79 Å². The molecule has 1 N–H and O–H groups in total. The summed E-state index contributed by atoms with van der Waals surface area (Å²) in [7, 11) is -2.03. The van der Waals surface area contributed by atoms with Crippen molar-refractivity contribution in [1.29, 1.82) is 0 Å². The van der Waals surface area contributed by atoms with Crippen molar-refractivity contribution in [1.82, 2.24) is 0 Å². The van der Waals surface area contributed by atoms with E-state index in [9.17, 15) is 4.79 Å². The summed E-state index contributed by atoms with van der Waals surface area (Å²) < 4.78 is 11.8. The van der Waals surface area contributed by atoms with Crippen LogP contribution in [0.2, 0.25) is 18.1 Å². The summed E-state index contributed by atoms with van der Waals surface area (Å²) >= 11 is 0. The minimum atomic E-state index is -2.03. The number of anilines is 1. The van der Waals surface area contributed by atoms with Gasteiger partial charge in [0.25, 0.3) is 8.32 Å². The first-order valence-electron chi connectivity index (χ1n) is 8.84. The number of amides is 1. The Balaban J connectivity index is 2.27. The quantitative estimate of drug-likeness (QED) is 0.642. The van der Waals surface area contributed by atoms with Crippen molar-refractivity contribution in [2.75, 3.05) is 5.32 Å². The predicted molar refractivity (Wildman–Crippen MR) is 110 cm³/mol. The summed E-state index contributed by atoms with van der Waals surface area (Å²) in [6.45, 7) is 15.0. The van der Waals surface area contributed by atoms with Crippen LogP contribution in [0.15, 0.2) is 42.5 Å². The third kappa shape index (κ3) is 4.88. The fraction of sp³-hybridized carbons (Fsp3) is 0.381. The van der Waals surface area contributed by atoms with E-state index in [1.54, 1.807) is 12.1 Å². The summed E-state index contributed by atoms with van der Waals surface area (Å²) in [4.78, 5) is 12.3. The third-order valence-corrected chi connectivity index (χ3v) is 9.30. The fourth-order valence-corrected chi connectivity index (χ4v) is 3.16. The maximum Gasteiger partial charge on any atom is 0.417 e. The molecule has 5 heteroatoms. The molecule has 2 rings (SSSR count). The molecule has 0 radical (unpaired) electrons. The normalized spacial score (nSPS) is 11.8. The molecule has 4 nitrogen and oxygen atoms in total. The molecule has 0 saturated carbocycles. The van der Waals surface area contributed by atoms with Crippen molar-refractivity contribution in [3.05, 3.63) is 53.6 Å². The molecule has 0 aliphatic rings. The lowest BCUT2D eigenvalue weighted by molar-refractivity contribution is 0.215. The van der Waals surface area contributed by atoms with E-state index in [4.69, 9.17) is 9.16 Å². The molecule has 0 bridgehead atoms. The molecule has 2 aromatic carbocycles. The van der Waals surface area contributed by atoms with Crippen molar-refractivity contribution < 1.29 is 14.0 Å². The van der Waals surface area contributed by atoms with Crippen LogP contribution < -0.4 is 14.5 Å². The average Bonchev–Trinajstić information content (AvgIpc) is 2.51. The van der Waals surface area contributed by atoms with Gasteiger partial charge in [0.1, 0.15) is 11.5 Å². The van der Waals surface area contributed by atoms with E-state index in [1.807, 2.05) is 44.2 Å². The van der Waals surface area contributed by atoms with Crippen LogP contribution in [0.4, 0.5) is 10.5 Å². The van der Waals surface area contributed by atoms with Gasteiger partial charge >= 0.3 is 6.09 Å². The highest BCUT2D eigenvalue weighted by molar-refractivity contribution is 6.74. The molecule has 26 heavy (non-hydrogen) atoms. The number of hydrogen-bond donors (Lipinski definition) is 1. The second-order valence-electron chi connectivity index (χ2n) is 8.12. The molecule has 0 heterocycles. The Morgan fingerprint density at radius 1 is 1.00 bits per heavy atom. The monoisotopic (exact) mass is 371 g/mol. The van der Waals surface area contributed by atoms with E-state index in [0.29, 0.717) is 17.2 Å². The van der Waals surface area contributed by atoms with E-state index in [2.05, 4.69) is 39.2 Å². The highest BCUT2D eigenvalue weighted by Gasteiger charge is 2.39. The number of rotatable bonds is 4. The first kappa shape index (κ1) is 20.0. The Morgan fingerprint density at radius 2 is 1.58 bits per heavy atom. The summed E-state index contributed by atoms with van der Waals surface area (Å²) in [5.41, 5.74) is 2.85. The predicted octanol–water partition coefficient (Wildman–Crippen LogP) is 6.30. The number of ether oxygens (including phenoxy) is 1. The maximum absolute atomic E-state index is 12.3. The third-order valence-electron chi connectivity index (χ3n) is 4.96. The van der Waals surface area contributed by atoms with Crippen LogP contribution in [0.5, 0.6) is 11.5 Å². The Kier molecular flexibility index (Phi) is 5.81. The van der Waals surface area contributed by atoms with Crippen molar-refractivity contribution in [3.63, 3.8) is 0 Å². The second kappa shape index (κ2) is 7.54. The molecule has 0 spiro atoms. The number of aryl methyl sites for hydroxylation is 2. The molecule has 0 unspecified atom stereocenters. The summed E-state index contributed by atoms with van der Waals surface area (Å²) in [6, 6.07) is 12.9. The van der Waals surface area contributed by atoms with Gasteiger partial charge in [-0.05, 0) is 67.4 Å². The summed E-state index contributed by atoms with van der Waals surface area (Å²) in [5, 5.41) is 2.90. The van der Waals surface area contributed by atoms with Gasteiger partial charge in [0.15, 0.2) is 0 Å². The van der Waals surface area contributed by atoms with Crippen molar-refractivity contribution in [2.45, 2.75) is 52.8 Å². The zero-order valence-corrected chi connectivity index (χ0v) is 17.8. The van der Waals surface area contributed by atoms with E-state index in [-0.39, 0.29) is 5.04 Å². The fourth-order valence-electron chi connectivity index (χ4n) is 2.13. The molecule has 0 aliphatic heterocycles. The zero-order valence-electron chi connectivity index (χ0n) is 16.8. The van der Waals surface area contributed by atoms with Crippen LogP contribution in [-0.2, 0) is 0 Å².